The highest BCUT2D eigenvalue weighted by Gasteiger charge is 2.39. The van der Waals surface area contributed by atoms with Crippen LogP contribution in [0.5, 0.6) is 0 Å². The minimum Gasteiger partial charge on any atom is -0.389 e. The number of aliphatic hydroxyl groups is 1. The number of pyridine rings is 1. The molecule has 1 aromatic heterocycles. The first-order chi connectivity index (χ1) is 8.42. The van der Waals surface area contributed by atoms with Crippen molar-refractivity contribution in [1.29, 1.82) is 0 Å². The summed E-state index contributed by atoms with van der Waals surface area (Å²) in [5, 5.41) is 9.56. The lowest BCUT2D eigenvalue weighted by atomic mass is 9.89. The number of hydrogen-bond donors (Lipinski definition) is 2. The van der Waals surface area contributed by atoms with Gasteiger partial charge < -0.3 is 15.7 Å². The van der Waals surface area contributed by atoms with Gasteiger partial charge in [0.1, 0.15) is 5.82 Å². The van der Waals surface area contributed by atoms with E-state index in [1.54, 1.807) is 19.2 Å². The molecule has 0 aromatic carbocycles. The fourth-order valence-electron chi connectivity index (χ4n) is 2.22. The molecular formula is C13H19N3O2. The van der Waals surface area contributed by atoms with E-state index in [0.29, 0.717) is 6.54 Å². The molecule has 2 rings (SSSR count). The molecule has 0 aliphatic carbocycles. The average Bonchev–Trinajstić information content (AvgIpc) is 2.73. The Balaban J connectivity index is 2.19. The Morgan fingerprint density at radius 3 is 2.94 bits per heavy atom. The number of amides is 1. The van der Waals surface area contributed by atoms with E-state index >= 15 is 0 Å². The molecule has 2 heterocycles. The van der Waals surface area contributed by atoms with E-state index in [9.17, 15) is 9.90 Å². The molecule has 1 unspecified atom stereocenters. The highest BCUT2D eigenvalue weighted by molar-refractivity contribution is 5.82. The van der Waals surface area contributed by atoms with Crippen LogP contribution in [0.15, 0.2) is 18.3 Å². The lowest BCUT2D eigenvalue weighted by Crippen LogP contribution is -2.37. The molecule has 0 spiro atoms. The van der Waals surface area contributed by atoms with Gasteiger partial charge in [-0.1, -0.05) is 0 Å². The second kappa shape index (κ2) is 4.57. The number of aliphatic hydroxyl groups excluding tert-OH is 1. The van der Waals surface area contributed by atoms with Gasteiger partial charge in [0.05, 0.1) is 11.5 Å². The van der Waals surface area contributed by atoms with Crippen LogP contribution < -0.4 is 10.6 Å². The van der Waals surface area contributed by atoms with Gasteiger partial charge in [-0.3, -0.25) is 4.79 Å². The molecule has 3 N–H and O–H groups in total. The highest BCUT2D eigenvalue weighted by Crippen LogP contribution is 2.32. The summed E-state index contributed by atoms with van der Waals surface area (Å²) < 4.78 is 0. The van der Waals surface area contributed by atoms with Crippen molar-refractivity contribution in [3.63, 3.8) is 0 Å². The molecule has 98 valence electrons. The van der Waals surface area contributed by atoms with Crippen LogP contribution >= 0.6 is 0 Å². The molecule has 1 amide bonds. The molecule has 2 atom stereocenters. The maximum Gasteiger partial charge on any atom is 0.225 e. The van der Waals surface area contributed by atoms with Crippen LogP contribution in [0.2, 0.25) is 0 Å². The lowest BCUT2D eigenvalue weighted by Gasteiger charge is -2.22. The lowest BCUT2D eigenvalue weighted by molar-refractivity contribution is -0.125. The van der Waals surface area contributed by atoms with Crippen molar-refractivity contribution in [3.05, 3.63) is 23.9 Å². The Bertz CT molecular complexity index is 461. The fourth-order valence-corrected chi connectivity index (χ4v) is 2.22. The van der Waals surface area contributed by atoms with Crippen LogP contribution in [0, 0.1) is 5.41 Å². The van der Waals surface area contributed by atoms with E-state index in [2.05, 4.69) is 4.98 Å². The van der Waals surface area contributed by atoms with Crippen molar-refractivity contribution in [2.45, 2.75) is 26.4 Å². The summed E-state index contributed by atoms with van der Waals surface area (Å²) >= 11 is 0. The summed E-state index contributed by atoms with van der Waals surface area (Å²) in [5.74, 6) is 0.523. The second-order valence-electron chi connectivity index (χ2n) is 5.22. The molecule has 1 fully saturated rings. The van der Waals surface area contributed by atoms with E-state index in [1.165, 1.54) is 0 Å². The molecule has 1 aromatic rings. The SMILES string of the molecule is C[C@@H](O)c1ccnc(N2CCC(C)(C(N)=O)C2)c1. The number of hydrogen-bond acceptors (Lipinski definition) is 4. The summed E-state index contributed by atoms with van der Waals surface area (Å²) in [6, 6.07) is 3.65. The Morgan fingerprint density at radius 2 is 2.39 bits per heavy atom. The number of anilines is 1. The van der Waals surface area contributed by atoms with E-state index < -0.39 is 11.5 Å². The van der Waals surface area contributed by atoms with Crippen molar-refractivity contribution < 1.29 is 9.90 Å². The number of carbonyl (C=O) groups excluding carboxylic acids is 1. The van der Waals surface area contributed by atoms with Gasteiger partial charge in [-0.15, -0.1) is 0 Å². The topological polar surface area (TPSA) is 79.5 Å². The van der Waals surface area contributed by atoms with Crippen molar-refractivity contribution in [1.82, 2.24) is 4.98 Å². The first-order valence-electron chi connectivity index (χ1n) is 6.11. The molecule has 5 nitrogen and oxygen atoms in total. The number of nitrogens with two attached hydrogens (primary N) is 1. The Labute approximate surface area is 107 Å². The third kappa shape index (κ3) is 2.31. The Kier molecular flexibility index (Phi) is 3.26. The van der Waals surface area contributed by atoms with E-state index in [1.807, 2.05) is 17.9 Å². The number of nitrogens with zero attached hydrogens (tertiary/aromatic N) is 2. The summed E-state index contributed by atoms with van der Waals surface area (Å²) in [5.41, 5.74) is 5.77. The van der Waals surface area contributed by atoms with Gasteiger partial charge in [0.2, 0.25) is 5.91 Å². The summed E-state index contributed by atoms with van der Waals surface area (Å²) in [7, 11) is 0. The first kappa shape index (κ1) is 12.8. The maximum atomic E-state index is 11.4. The first-order valence-corrected chi connectivity index (χ1v) is 6.11. The normalized spacial score (nSPS) is 25.2. The maximum absolute atomic E-state index is 11.4. The molecule has 18 heavy (non-hydrogen) atoms. The quantitative estimate of drug-likeness (QED) is 0.831. The fraction of sp³-hybridized carbons (Fsp3) is 0.538. The van der Waals surface area contributed by atoms with Crippen molar-refractivity contribution in [2.24, 2.45) is 11.1 Å². The monoisotopic (exact) mass is 249 g/mol. The zero-order valence-corrected chi connectivity index (χ0v) is 10.8. The van der Waals surface area contributed by atoms with Crippen LogP contribution in [0.4, 0.5) is 5.82 Å². The Morgan fingerprint density at radius 1 is 1.67 bits per heavy atom. The van der Waals surface area contributed by atoms with Crippen molar-refractivity contribution >= 4 is 11.7 Å². The van der Waals surface area contributed by atoms with E-state index in [0.717, 1.165) is 24.3 Å². The van der Waals surface area contributed by atoms with Crippen LogP contribution in [-0.4, -0.2) is 29.1 Å². The van der Waals surface area contributed by atoms with E-state index in [4.69, 9.17) is 5.73 Å². The molecule has 0 bridgehead atoms. The van der Waals surface area contributed by atoms with Crippen LogP contribution in [0.3, 0.4) is 0 Å². The summed E-state index contributed by atoms with van der Waals surface area (Å²) in [4.78, 5) is 17.7. The highest BCUT2D eigenvalue weighted by atomic mass is 16.3. The predicted octanol–water partition coefficient (Wildman–Crippen LogP) is 0.837. The zero-order chi connectivity index (χ0) is 13.3. The molecule has 0 saturated carbocycles. The number of aromatic nitrogens is 1. The van der Waals surface area contributed by atoms with Crippen LogP contribution in [0.1, 0.15) is 31.9 Å². The molecule has 1 aliphatic heterocycles. The Hall–Kier alpha value is -1.62. The minimum atomic E-state index is -0.517. The van der Waals surface area contributed by atoms with Gasteiger partial charge in [0, 0.05) is 19.3 Å². The summed E-state index contributed by atoms with van der Waals surface area (Å²) in [6.45, 7) is 4.94. The van der Waals surface area contributed by atoms with E-state index in [-0.39, 0.29) is 5.91 Å². The molecule has 0 radical (unpaired) electrons. The number of rotatable bonds is 3. The molecule has 1 aliphatic rings. The molecule has 1 saturated heterocycles. The van der Waals surface area contributed by atoms with Gasteiger partial charge in [-0.2, -0.15) is 0 Å². The van der Waals surface area contributed by atoms with Crippen LogP contribution in [0.25, 0.3) is 0 Å². The average molecular weight is 249 g/mol. The smallest absolute Gasteiger partial charge is 0.225 e. The largest absolute Gasteiger partial charge is 0.389 e. The van der Waals surface area contributed by atoms with Gasteiger partial charge >= 0.3 is 0 Å². The molecule has 5 heteroatoms. The van der Waals surface area contributed by atoms with Gasteiger partial charge in [0.15, 0.2) is 0 Å². The third-order valence-corrected chi connectivity index (χ3v) is 3.64. The number of carbonyl (C=O) groups is 1. The minimum absolute atomic E-state index is 0.267. The van der Waals surface area contributed by atoms with Crippen molar-refractivity contribution in [2.75, 3.05) is 18.0 Å². The van der Waals surface area contributed by atoms with Gasteiger partial charge in [0.25, 0.3) is 0 Å². The van der Waals surface area contributed by atoms with Gasteiger partial charge in [-0.25, -0.2) is 4.98 Å². The number of primary amides is 1. The second-order valence-corrected chi connectivity index (χ2v) is 5.22. The standard InChI is InChI=1S/C13H19N3O2/c1-9(17)10-3-5-15-11(7-10)16-6-4-13(2,8-16)12(14)18/h3,5,7,9,17H,4,6,8H2,1-2H3,(H2,14,18)/t9-,13?/m1/s1. The predicted molar refractivity (Wildman–Crippen MR) is 69.0 cm³/mol. The third-order valence-electron chi connectivity index (χ3n) is 3.64. The van der Waals surface area contributed by atoms with Crippen molar-refractivity contribution in [3.8, 4) is 0 Å². The van der Waals surface area contributed by atoms with Crippen LogP contribution in [-0.2, 0) is 4.79 Å². The van der Waals surface area contributed by atoms with Gasteiger partial charge in [-0.05, 0) is 38.0 Å². The zero-order valence-electron chi connectivity index (χ0n) is 10.8. The summed E-state index contributed by atoms with van der Waals surface area (Å²) in [6.07, 6.45) is 1.90. The molecular weight excluding hydrogens is 230 g/mol.